The molecule has 0 radical (unpaired) electrons. The summed E-state index contributed by atoms with van der Waals surface area (Å²) in [7, 11) is 3.34. The van der Waals surface area contributed by atoms with Crippen LogP contribution in [0.3, 0.4) is 0 Å². The number of nitrogens with zero attached hydrogens (tertiary/aromatic N) is 3. The molecule has 1 N–H and O–H groups in total. The Bertz CT molecular complexity index is 1030. The molecule has 0 unspecified atom stereocenters. The Balaban J connectivity index is 1.69. The number of alkyl halides is 2. The number of halogens is 2. The van der Waals surface area contributed by atoms with E-state index in [1.54, 1.807) is 16.8 Å². The highest BCUT2D eigenvalue weighted by atomic mass is 32.1. The van der Waals surface area contributed by atoms with Crippen LogP contribution in [0.15, 0.2) is 42.5 Å². The molecule has 0 spiro atoms. The van der Waals surface area contributed by atoms with Crippen molar-refractivity contribution in [3.05, 3.63) is 58.4 Å². The van der Waals surface area contributed by atoms with Crippen molar-refractivity contribution in [2.75, 3.05) is 14.2 Å². The monoisotopic (exact) mass is 434 g/mol. The zero-order chi connectivity index (χ0) is 21.7. The smallest absolute Gasteiger partial charge is 0.387 e. The average molecular weight is 435 g/mol. The summed E-state index contributed by atoms with van der Waals surface area (Å²) in [5.74, 6) is 0.983. The molecular formula is C21H24F2N4O2S. The van der Waals surface area contributed by atoms with Crippen molar-refractivity contribution in [2.45, 2.75) is 33.2 Å². The van der Waals surface area contributed by atoms with Crippen molar-refractivity contribution in [1.82, 2.24) is 19.7 Å². The van der Waals surface area contributed by atoms with Gasteiger partial charge in [0, 0.05) is 12.1 Å². The van der Waals surface area contributed by atoms with Crippen LogP contribution in [0, 0.1) is 4.77 Å². The van der Waals surface area contributed by atoms with E-state index in [0.29, 0.717) is 23.8 Å². The van der Waals surface area contributed by atoms with Gasteiger partial charge in [0.2, 0.25) is 4.77 Å². The molecule has 2 aromatic carbocycles. The van der Waals surface area contributed by atoms with E-state index in [2.05, 4.69) is 33.9 Å². The minimum Gasteiger partial charge on any atom is -0.493 e. The van der Waals surface area contributed by atoms with E-state index < -0.39 is 6.61 Å². The Kier molecular flexibility index (Phi) is 7.17. The predicted octanol–water partition coefficient (Wildman–Crippen LogP) is 4.87. The van der Waals surface area contributed by atoms with Gasteiger partial charge in [0.25, 0.3) is 0 Å². The molecule has 3 aromatic rings. The second kappa shape index (κ2) is 9.82. The maximum absolute atomic E-state index is 12.5. The maximum Gasteiger partial charge on any atom is 0.387 e. The molecule has 0 amide bonds. The van der Waals surface area contributed by atoms with Crippen LogP contribution in [0.25, 0.3) is 11.4 Å². The Labute approximate surface area is 179 Å². The molecule has 0 aliphatic rings. The molecule has 0 bridgehead atoms. The van der Waals surface area contributed by atoms with Gasteiger partial charge in [-0.3, -0.25) is 10.00 Å². The lowest BCUT2D eigenvalue weighted by Crippen LogP contribution is -2.22. The van der Waals surface area contributed by atoms with Crippen molar-refractivity contribution < 1.29 is 18.3 Å². The molecule has 6 nitrogen and oxygen atoms in total. The average Bonchev–Trinajstić information content (AvgIpc) is 3.09. The first-order chi connectivity index (χ1) is 14.4. The summed E-state index contributed by atoms with van der Waals surface area (Å²) in [6.45, 7) is 0.243. The number of H-pyrrole nitrogens is 1. The molecule has 3 rings (SSSR count). The van der Waals surface area contributed by atoms with E-state index in [0.717, 1.165) is 17.5 Å². The van der Waals surface area contributed by atoms with Gasteiger partial charge >= 0.3 is 6.61 Å². The molecule has 1 heterocycles. The summed E-state index contributed by atoms with van der Waals surface area (Å²) in [5.41, 5.74) is 3.12. The van der Waals surface area contributed by atoms with Gasteiger partial charge in [-0.1, -0.05) is 37.3 Å². The Morgan fingerprint density at radius 1 is 1.13 bits per heavy atom. The van der Waals surface area contributed by atoms with Crippen molar-refractivity contribution >= 4 is 12.2 Å². The number of aromatic nitrogens is 3. The van der Waals surface area contributed by atoms with Crippen LogP contribution in [0.4, 0.5) is 8.78 Å². The van der Waals surface area contributed by atoms with Crippen LogP contribution in [0.1, 0.15) is 18.1 Å². The topological polar surface area (TPSA) is 55.3 Å². The van der Waals surface area contributed by atoms with Crippen LogP contribution in [0.5, 0.6) is 11.5 Å². The summed E-state index contributed by atoms with van der Waals surface area (Å²) in [6.07, 6.45) is 0.982. The first kappa shape index (κ1) is 21.9. The Morgan fingerprint density at radius 2 is 1.83 bits per heavy atom. The number of aryl methyl sites for hydroxylation is 1. The molecule has 0 saturated heterocycles. The van der Waals surface area contributed by atoms with Crippen LogP contribution in [-0.4, -0.2) is 40.4 Å². The van der Waals surface area contributed by atoms with Gasteiger partial charge < -0.3 is 9.47 Å². The summed E-state index contributed by atoms with van der Waals surface area (Å²) >= 11 is 5.39. The number of nitrogens with one attached hydrogen (secondary N) is 1. The van der Waals surface area contributed by atoms with Crippen molar-refractivity contribution in [2.24, 2.45) is 0 Å². The van der Waals surface area contributed by atoms with Gasteiger partial charge in [-0.15, -0.1) is 0 Å². The summed E-state index contributed by atoms with van der Waals surface area (Å²) in [5, 5.41) is 3.24. The fourth-order valence-corrected chi connectivity index (χ4v) is 3.28. The van der Waals surface area contributed by atoms with Gasteiger partial charge in [0.1, 0.15) is 0 Å². The lowest BCUT2D eigenvalue weighted by atomic mass is 10.1. The molecule has 0 aliphatic heterocycles. The van der Waals surface area contributed by atoms with Crippen molar-refractivity contribution in [1.29, 1.82) is 0 Å². The largest absolute Gasteiger partial charge is 0.493 e. The second-order valence-corrected chi connectivity index (χ2v) is 7.22. The van der Waals surface area contributed by atoms with E-state index >= 15 is 0 Å². The standard InChI is InChI=1S/C21H24F2N4O2S/c1-4-14-5-8-16(9-6-14)19-24-21(30)27(25-19)13-26(2)12-15-7-10-17(29-20(22)23)18(11-15)28-3/h5-11,20H,4,12-13H2,1-3H3,(H,24,25,30). The summed E-state index contributed by atoms with van der Waals surface area (Å²) in [4.78, 5) is 6.47. The molecule has 0 fully saturated rings. The molecule has 1 aromatic heterocycles. The van der Waals surface area contributed by atoms with Crippen LogP contribution in [0.2, 0.25) is 0 Å². The number of hydrogen-bond acceptors (Lipinski definition) is 5. The highest BCUT2D eigenvalue weighted by Gasteiger charge is 2.13. The highest BCUT2D eigenvalue weighted by Crippen LogP contribution is 2.29. The molecule has 0 atom stereocenters. The van der Waals surface area contributed by atoms with E-state index in [9.17, 15) is 8.78 Å². The Hall–Kier alpha value is -2.78. The van der Waals surface area contributed by atoms with Crippen LogP contribution in [-0.2, 0) is 19.6 Å². The van der Waals surface area contributed by atoms with Crippen LogP contribution >= 0.6 is 12.2 Å². The maximum atomic E-state index is 12.5. The van der Waals surface area contributed by atoms with Gasteiger partial charge in [-0.25, -0.2) is 4.68 Å². The van der Waals surface area contributed by atoms with Crippen LogP contribution < -0.4 is 9.47 Å². The zero-order valence-corrected chi connectivity index (χ0v) is 17.9. The van der Waals surface area contributed by atoms with Crippen molar-refractivity contribution in [3.63, 3.8) is 0 Å². The summed E-state index contributed by atoms with van der Waals surface area (Å²) < 4.78 is 36.8. The minimum absolute atomic E-state index is 0.00780. The molecule has 9 heteroatoms. The van der Waals surface area contributed by atoms with Gasteiger partial charge in [-0.05, 0) is 48.9 Å². The Morgan fingerprint density at radius 3 is 2.47 bits per heavy atom. The second-order valence-electron chi connectivity index (χ2n) is 6.85. The minimum atomic E-state index is -2.90. The molecule has 0 saturated carbocycles. The molecule has 160 valence electrons. The van der Waals surface area contributed by atoms with E-state index in [1.807, 2.05) is 24.1 Å². The zero-order valence-electron chi connectivity index (χ0n) is 17.1. The van der Waals surface area contributed by atoms with E-state index in [1.165, 1.54) is 18.7 Å². The third-order valence-corrected chi connectivity index (χ3v) is 4.91. The summed E-state index contributed by atoms with van der Waals surface area (Å²) in [6, 6.07) is 13.1. The fraction of sp³-hybridized carbons (Fsp3) is 0.333. The SMILES string of the molecule is CCc1ccc(-c2nc(=S)n(CN(C)Cc3ccc(OC(F)F)c(OC)c3)[nH]2)cc1. The van der Waals surface area contributed by atoms with Gasteiger partial charge in [-0.2, -0.15) is 13.8 Å². The van der Waals surface area contributed by atoms with E-state index in [4.69, 9.17) is 17.0 Å². The number of methoxy groups -OCH3 is 1. The van der Waals surface area contributed by atoms with Crippen molar-refractivity contribution in [3.8, 4) is 22.9 Å². The number of benzene rings is 2. The highest BCUT2D eigenvalue weighted by molar-refractivity contribution is 7.71. The predicted molar refractivity (Wildman–Crippen MR) is 113 cm³/mol. The first-order valence-electron chi connectivity index (χ1n) is 9.46. The lowest BCUT2D eigenvalue weighted by molar-refractivity contribution is -0.0512. The quantitative estimate of drug-likeness (QED) is 0.487. The fourth-order valence-electron chi connectivity index (χ4n) is 3.09. The third-order valence-electron chi connectivity index (χ3n) is 4.59. The van der Waals surface area contributed by atoms with Gasteiger partial charge in [0.15, 0.2) is 17.3 Å². The number of ether oxygens (including phenoxy) is 2. The third kappa shape index (κ3) is 5.43. The first-order valence-corrected chi connectivity index (χ1v) is 9.86. The number of hydrogen-bond donors (Lipinski definition) is 1. The molecule has 0 aliphatic carbocycles. The number of rotatable bonds is 9. The van der Waals surface area contributed by atoms with Gasteiger partial charge in [0.05, 0.1) is 13.8 Å². The molecule has 30 heavy (non-hydrogen) atoms. The lowest BCUT2D eigenvalue weighted by Gasteiger charge is -2.18. The normalized spacial score (nSPS) is 11.3. The molecular weight excluding hydrogens is 410 g/mol. The van der Waals surface area contributed by atoms with E-state index in [-0.39, 0.29) is 11.5 Å². The number of aromatic amines is 1.